The Morgan fingerprint density at radius 2 is 2.31 bits per heavy atom. The van der Waals surface area contributed by atoms with Crippen molar-refractivity contribution < 1.29 is 19.4 Å². The Morgan fingerprint density at radius 1 is 1.69 bits per heavy atom. The summed E-state index contributed by atoms with van der Waals surface area (Å²) in [4.78, 5) is 21.5. The summed E-state index contributed by atoms with van der Waals surface area (Å²) in [5, 5.41) is 7.97. The second-order valence-electron chi connectivity index (χ2n) is 3.27. The van der Waals surface area contributed by atoms with Crippen LogP contribution in [0.4, 0.5) is 0 Å². The Labute approximate surface area is 80.6 Å². The van der Waals surface area contributed by atoms with Gasteiger partial charge in [-0.05, 0) is 5.92 Å². The van der Waals surface area contributed by atoms with Crippen LogP contribution in [-0.2, 0) is 14.3 Å². The van der Waals surface area contributed by atoms with Crippen molar-refractivity contribution in [2.75, 3.05) is 0 Å². The molecule has 0 saturated carbocycles. The number of hydrogen-bond donors (Lipinski definition) is 1. The zero-order chi connectivity index (χ0) is 10.0. The van der Waals surface area contributed by atoms with Crippen molar-refractivity contribution in [1.29, 1.82) is 0 Å². The van der Waals surface area contributed by atoms with Crippen LogP contribution in [0, 0.1) is 5.92 Å². The average Bonchev–Trinajstić information content (AvgIpc) is 2.31. The third-order valence-electron chi connectivity index (χ3n) is 1.70. The number of esters is 1. The van der Waals surface area contributed by atoms with Gasteiger partial charge in [0.1, 0.15) is 5.25 Å². The second-order valence-corrected chi connectivity index (χ2v) is 4.58. The van der Waals surface area contributed by atoms with Crippen LogP contribution in [0.2, 0.25) is 0 Å². The van der Waals surface area contributed by atoms with Crippen molar-refractivity contribution in [1.82, 2.24) is 0 Å². The van der Waals surface area contributed by atoms with E-state index in [2.05, 4.69) is 0 Å². The van der Waals surface area contributed by atoms with Gasteiger partial charge in [0, 0.05) is 0 Å². The van der Waals surface area contributed by atoms with Gasteiger partial charge in [0.15, 0.2) is 5.44 Å². The molecular weight excluding hydrogens is 192 g/mol. The van der Waals surface area contributed by atoms with Gasteiger partial charge in [0.25, 0.3) is 0 Å². The first-order valence-corrected chi connectivity index (χ1v) is 5.02. The highest BCUT2D eigenvalue weighted by Gasteiger charge is 2.37. The van der Waals surface area contributed by atoms with Crippen LogP contribution >= 0.6 is 11.8 Å². The lowest BCUT2D eigenvalue weighted by Gasteiger charge is -2.10. The summed E-state index contributed by atoms with van der Waals surface area (Å²) in [6.07, 6.45) is -0.146. The number of carbonyl (C=O) groups is 2. The molecule has 0 aliphatic carbocycles. The molecule has 1 N–H and O–H groups in total. The number of ether oxygens (including phenoxy) is 1. The Kier molecular flexibility index (Phi) is 3.19. The molecule has 1 rings (SSSR count). The molecule has 0 aromatic rings. The molecule has 0 bridgehead atoms. The maximum absolute atomic E-state index is 11.1. The van der Waals surface area contributed by atoms with Crippen molar-refractivity contribution >= 4 is 23.7 Å². The van der Waals surface area contributed by atoms with E-state index >= 15 is 0 Å². The highest BCUT2D eigenvalue weighted by molar-refractivity contribution is 8.01. The van der Waals surface area contributed by atoms with E-state index in [0.29, 0.717) is 0 Å². The van der Waals surface area contributed by atoms with Crippen molar-refractivity contribution in [3.8, 4) is 0 Å². The van der Waals surface area contributed by atoms with Crippen molar-refractivity contribution in [2.24, 2.45) is 5.92 Å². The van der Waals surface area contributed by atoms with Gasteiger partial charge in [-0.3, -0.25) is 9.59 Å². The first kappa shape index (κ1) is 10.4. The van der Waals surface area contributed by atoms with Crippen molar-refractivity contribution in [3.05, 3.63) is 0 Å². The number of carbonyl (C=O) groups excluding carboxylic acids is 1. The van der Waals surface area contributed by atoms with Crippen molar-refractivity contribution in [3.63, 3.8) is 0 Å². The molecule has 0 amide bonds. The predicted octanol–water partition coefficient (Wildman–Crippen LogP) is 1.10. The van der Waals surface area contributed by atoms with Gasteiger partial charge >= 0.3 is 11.9 Å². The Morgan fingerprint density at radius 3 is 2.69 bits per heavy atom. The molecule has 2 atom stereocenters. The van der Waals surface area contributed by atoms with Crippen molar-refractivity contribution in [2.45, 2.75) is 31.0 Å². The van der Waals surface area contributed by atoms with Crippen LogP contribution in [0.5, 0.6) is 0 Å². The molecule has 0 aromatic carbocycles. The highest BCUT2D eigenvalue weighted by atomic mass is 32.2. The normalized spacial score (nSPS) is 27.8. The fourth-order valence-electron chi connectivity index (χ4n) is 1.02. The maximum atomic E-state index is 11.1. The highest BCUT2D eigenvalue weighted by Crippen LogP contribution is 2.34. The standard InChI is InChI=1S/C8H12O4S/c1-4(2)8-12-7(11)5(13-8)3-6(9)10/h4-5,8H,3H2,1-2H3,(H,9,10)/t5-,8?/m0/s1. The molecule has 1 aliphatic rings. The van der Waals surface area contributed by atoms with E-state index in [0.717, 1.165) is 0 Å². The third-order valence-corrected chi connectivity index (χ3v) is 3.29. The zero-order valence-corrected chi connectivity index (χ0v) is 8.34. The van der Waals surface area contributed by atoms with Gasteiger partial charge in [0.2, 0.25) is 0 Å². The topological polar surface area (TPSA) is 63.6 Å². The molecule has 0 radical (unpaired) electrons. The average molecular weight is 204 g/mol. The SMILES string of the molecule is CC(C)C1OC(=O)[C@H](CC(=O)O)S1. The van der Waals surface area contributed by atoms with E-state index in [1.54, 1.807) is 0 Å². The van der Waals surface area contributed by atoms with Gasteiger partial charge < -0.3 is 9.84 Å². The smallest absolute Gasteiger partial charge is 0.320 e. The summed E-state index contributed by atoms with van der Waals surface area (Å²) in [6, 6.07) is 0. The summed E-state index contributed by atoms with van der Waals surface area (Å²) in [6.45, 7) is 3.88. The number of cyclic esters (lactones) is 1. The van der Waals surface area contributed by atoms with Gasteiger partial charge in [-0.1, -0.05) is 13.8 Å². The van der Waals surface area contributed by atoms with E-state index < -0.39 is 17.2 Å². The van der Waals surface area contributed by atoms with Crippen LogP contribution in [0.25, 0.3) is 0 Å². The quantitative estimate of drug-likeness (QED) is 0.697. The molecule has 0 spiro atoms. The monoisotopic (exact) mass is 204 g/mol. The molecule has 4 nitrogen and oxygen atoms in total. The number of thioether (sulfide) groups is 1. The number of rotatable bonds is 3. The lowest BCUT2D eigenvalue weighted by Crippen LogP contribution is -2.16. The first-order chi connectivity index (χ1) is 6.00. The molecule has 13 heavy (non-hydrogen) atoms. The van der Waals surface area contributed by atoms with E-state index in [1.807, 2.05) is 13.8 Å². The van der Waals surface area contributed by atoms with Crippen LogP contribution in [0.1, 0.15) is 20.3 Å². The minimum atomic E-state index is -0.959. The number of hydrogen-bond acceptors (Lipinski definition) is 4. The third kappa shape index (κ3) is 2.62. The van der Waals surface area contributed by atoms with Gasteiger partial charge in [-0.2, -0.15) is 0 Å². The maximum Gasteiger partial charge on any atom is 0.320 e. The van der Waals surface area contributed by atoms with E-state index in [1.165, 1.54) is 11.8 Å². The van der Waals surface area contributed by atoms with E-state index in [4.69, 9.17) is 9.84 Å². The van der Waals surface area contributed by atoms with Crippen LogP contribution in [0.3, 0.4) is 0 Å². The van der Waals surface area contributed by atoms with E-state index in [9.17, 15) is 9.59 Å². The number of carboxylic acids is 1. The molecule has 1 heterocycles. The number of carboxylic acid groups (broad SMARTS) is 1. The summed E-state index contributed by atoms with van der Waals surface area (Å²) in [5.74, 6) is -1.13. The number of aliphatic carboxylic acids is 1. The van der Waals surface area contributed by atoms with Crippen LogP contribution in [-0.4, -0.2) is 27.7 Å². The molecule has 1 unspecified atom stereocenters. The lowest BCUT2D eigenvalue weighted by molar-refractivity contribution is -0.147. The summed E-state index contributed by atoms with van der Waals surface area (Å²) in [5.41, 5.74) is -0.183. The lowest BCUT2D eigenvalue weighted by atomic mass is 10.2. The minimum absolute atomic E-state index is 0.146. The Balaban J connectivity index is 2.51. The minimum Gasteiger partial charge on any atom is -0.481 e. The van der Waals surface area contributed by atoms with Gasteiger partial charge in [-0.15, -0.1) is 11.8 Å². The molecule has 1 saturated heterocycles. The van der Waals surface area contributed by atoms with Gasteiger partial charge in [-0.25, -0.2) is 0 Å². The first-order valence-electron chi connectivity index (χ1n) is 4.08. The zero-order valence-electron chi connectivity index (χ0n) is 7.52. The molecular formula is C8H12O4S. The van der Waals surface area contributed by atoms with Gasteiger partial charge in [0.05, 0.1) is 6.42 Å². The fraction of sp³-hybridized carbons (Fsp3) is 0.750. The summed E-state index contributed by atoms with van der Waals surface area (Å²) >= 11 is 1.30. The largest absolute Gasteiger partial charge is 0.481 e. The molecule has 1 aliphatic heterocycles. The second kappa shape index (κ2) is 4.00. The van der Waals surface area contributed by atoms with Crippen LogP contribution < -0.4 is 0 Å². The van der Waals surface area contributed by atoms with Crippen LogP contribution in [0.15, 0.2) is 0 Å². The fourth-order valence-corrected chi connectivity index (χ4v) is 2.21. The summed E-state index contributed by atoms with van der Waals surface area (Å²) < 4.78 is 5.00. The Hall–Kier alpha value is -0.710. The molecule has 0 aromatic heterocycles. The predicted molar refractivity (Wildman–Crippen MR) is 48.3 cm³/mol. The molecule has 1 fully saturated rings. The summed E-state index contributed by atoms with van der Waals surface area (Å²) in [7, 11) is 0. The molecule has 74 valence electrons. The molecule has 5 heteroatoms. The van der Waals surface area contributed by atoms with E-state index in [-0.39, 0.29) is 17.8 Å². The Bertz CT molecular complexity index is 226.